The van der Waals surface area contributed by atoms with E-state index in [-0.39, 0.29) is 5.82 Å². The summed E-state index contributed by atoms with van der Waals surface area (Å²) in [5.41, 5.74) is 1.06. The predicted octanol–water partition coefficient (Wildman–Crippen LogP) is 3.72. The van der Waals surface area contributed by atoms with Crippen LogP contribution in [0.25, 0.3) is 0 Å². The van der Waals surface area contributed by atoms with Gasteiger partial charge < -0.3 is 5.32 Å². The number of nitrogens with one attached hydrogen (secondary N) is 1. The monoisotopic (exact) mass is 262 g/mol. The molecule has 0 aromatic heterocycles. The topological polar surface area (TPSA) is 35.8 Å². The Kier molecular flexibility index (Phi) is 5.98. The minimum Gasteiger partial charge on any atom is -0.312 e. The van der Waals surface area contributed by atoms with E-state index in [0.717, 1.165) is 6.54 Å². The summed E-state index contributed by atoms with van der Waals surface area (Å²) in [7, 11) is 0. The van der Waals surface area contributed by atoms with E-state index in [1.807, 2.05) is 6.07 Å². The third-order valence-corrected chi connectivity index (χ3v) is 3.58. The van der Waals surface area contributed by atoms with Crippen molar-refractivity contribution in [1.82, 2.24) is 5.32 Å². The molecule has 0 amide bonds. The van der Waals surface area contributed by atoms with Crippen molar-refractivity contribution in [2.24, 2.45) is 17.8 Å². The molecule has 19 heavy (non-hydrogen) atoms. The fourth-order valence-corrected chi connectivity index (χ4v) is 2.39. The standard InChI is InChI=1S/C16H23FN2/c1-11(2)15(12(3)4)10-19-9-14-7-13(8-18)5-6-16(14)17/h5-7,11-12,15,19H,9-10H2,1-4H3. The molecule has 0 unspecified atom stereocenters. The van der Waals surface area contributed by atoms with Gasteiger partial charge in [-0.25, -0.2) is 4.39 Å². The zero-order valence-electron chi connectivity index (χ0n) is 12.2. The van der Waals surface area contributed by atoms with E-state index in [1.165, 1.54) is 12.1 Å². The van der Waals surface area contributed by atoms with Crippen LogP contribution >= 0.6 is 0 Å². The van der Waals surface area contributed by atoms with E-state index in [9.17, 15) is 4.39 Å². The van der Waals surface area contributed by atoms with Crippen molar-refractivity contribution >= 4 is 0 Å². The largest absolute Gasteiger partial charge is 0.312 e. The van der Waals surface area contributed by atoms with Crippen molar-refractivity contribution in [2.45, 2.75) is 34.2 Å². The lowest BCUT2D eigenvalue weighted by Gasteiger charge is -2.25. The van der Waals surface area contributed by atoms with Gasteiger partial charge in [-0.3, -0.25) is 0 Å². The molecule has 104 valence electrons. The average molecular weight is 262 g/mol. The van der Waals surface area contributed by atoms with Crippen LogP contribution in [0.15, 0.2) is 18.2 Å². The molecular formula is C16H23FN2. The van der Waals surface area contributed by atoms with Crippen molar-refractivity contribution in [3.8, 4) is 6.07 Å². The van der Waals surface area contributed by atoms with Crippen molar-refractivity contribution in [3.05, 3.63) is 35.1 Å². The number of halogens is 1. The van der Waals surface area contributed by atoms with Crippen LogP contribution in [0, 0.1) is 34.9 Å². The van der Waals surface area contributed by atoms with Crippen LogP contribution in [0.4, 0.5) is 4.39 Å². The summed E-state index contributed by atoms with van der Waals surface area (Å²) in [5.74, 6) is 1.52. The lowest BCUT2D eigenvalue weighted by molar-refractivity contribution is 0.275. The van der Waals surface area contributed by atoms with E-state index in [4.69, 9.17) is 5.26 Å². The molecule has 0 aliphatic carbocycles. The maximum absolute atomic E-state index is 13.6. The first kappa shape index (κ1) is 15.7. The molecule has 0 aliphatic rings. The molecule has 0 radical (unpaired) electrons. The molecule has 3 heteroatoms. The minimum atomic E-state index is -0.253. The molecule has 2 nitrogen and oxygen atoms in total. The second kappa shape index (κ2) is 7.25. The smallest absolute Gasteiger partial charge is 0.127 e. The van der Waals surface area contributed by atoms with Crippen molar-refractivity contribution < 1.29 is 4.39 Å². The highest BCUT2D eigenvalue weighted by molar-refractivity contribution is 5.33. The normalized spacial score (nSPS) is 11.3. The van der Waals surface area contributed by atoms with E-state index < -0.39 is 0 Å². The van der Waals surface area contributed by atoms with Gasteiger partial charge in [-0.1, -0.05) is 27.7 Å². The quantitative estimate of drug-likeness (QED) is 0.848. The number of hydrogen-bond donors (Lipinski definition) is 1. The lowest BCUT2D eigenvalue weighted by atomic mass is 9.85. The van der Waals surface area contributed by atoms with Crippen LogP contribution in [0.5, 0.6) is 0 Å². The summed E-state index contributed by atoms with van der Waals surface area (Å²) >= 11 is 0. The Hall–Kier alpha value is -1.40. The Morgan fingerprint density at radius 1 is 1.21 bits per heavy atom. The van der Waals surface area contributed by atoms with E-state index in [1.54, 1.807) is 6.07 Å². The van der Waals surface area contributed by atoms with Gasteiger partial charge in [0.1, 0.15) is 5.82 Å². The predicted molar refractivity (Wildman–Crippen MR) is 76.0 cm³/mol. The van der Waals surface area contributed by atoms with Gasteiger partial charge in [0.2, 0.25) is 0 Å². The van der Waals surface area contributed by atoms with Gasteiger partial charge in [0.25, 0.3) is 0 Å². The van der Waals surface area contributed by atoms with Gasteiger partial charge in [-0.05, 0) is 42.5 Å². The molecule has 0 fully saturated rings. The lowest BCUT2D eigenvalue weighted by Crippen LogP contribution is -2.29. The highest BCUT2D eigenvalue weighted by Crippen LogP contribution is 2.19. The van der Waals surface area contributed by atoms with E-state index in [0.29, 0.717) is 35.4 Å². The molecule has 0 saturated heterocycles. The molecular weight excluding hydrogens is 239 g/mol. The molecule has 1 rings (SSSR count). The van der Waals surface area contributed by atoms with Crippen LogP contribution in [-0.4, -0.2) is 6.54 Å². The number of benzene rings is 1. The second-order valence-electron chi connectivity index (χ2n) is 5.70. The highest BCUT2D eigenvalue weighted by atomic mass is 19.1. The van der Waals surface area contributed by atoms with E-state index in [2.05, 4.69) is 33.0 Å². The maximum atomic E-state index is 13.6. The molecule has 1 N–H and O–H groups in total. The van der Waals surface area contributed by atoms with Crippen molar-refractivity contribution in [1.29, 1.82) is 5.26 Å². The third kappa shape index (κ3) is 4.65. The first-order valence-corrected chi connectivity index (χ1v) is 6.85. The fourth-order valence-electron chi connectivity index (χ4n) is 2.39. The van der Waals surface area contributed by atoms with Crippen LogP contribution in [0.1, 0.15) is 38.8 Å². The van der Waals surface area contributed by atoms with Gasteiger partial charge in [0, 0.05) is 12.1 Å². The zero-order valence-corrected chi connectivity index (χ0v) is 12.2. The molecule has 0 atom stereocenters. The van der Waals surface area contributed by atoms with Gasteiger partial charge >= 0.3 is 0 Å². The Bertz CT molecular complexity index is 439. The Labute approximate surface area is 115 Å². The molecule has 1 aromatic carbocycles. The molecule has 0 aliphatic heterocycles. The molecule has 0 saturated carbocycles. The van der Waals surface area contributed by atoms with Crippen LogP contribution < -0.4 is 5.32 Å². The minimum absolute atomic E-state index is 0.253. The van der Waals surface area contributed by atoms with Crippen LogP contribution in [-0.2, 0) is 6.54 Å². The van der Waals surface area contributed by atoms with Gasteiger partial charge in [-0.2, -0.15) is 5.26 Å². The second-order valence-corrected chi connectivity index (χ2v) is 5.70. The van der Waals surface area contributed by atoms with Crippen LogP contribution in [0.3, 0.4) is 0 Å². The first-order chi connectivity index (χ1) is 8.95. The zero-order chi connectivity index (χ0) is 14.4. The van der Waals surface area contributed by atoms with Gasteiger partial charge in [0.05, 0.1) is 11.6 Å². The number of nitriles is 1. The Morgan fingerprint density at radius 2 is 1.84 bits per heavy atom. The number of hydrogen-bond acceptors (Lipinski definition) is 2. The third-order valence-electron chi connectivity index (χ3n) is 3.58. The first-order valence-electron chi connectivity index (χ1n) is 6.85. The number of nitrogens with zero attached hydrogens (tertiary/aromatic N) is 1. The van der Waals surface area contributed by atoms with Crippen LogP contribution in [0.2, 0.25) is 0 Å². The van der Waals surface area contributed by atoms with Gasteiger partial charge in [0.15, 0.2) is 0 Å². The SMILES string of the molecule is CC(C)C(CNCc1cc(C#N)ccc1F)C(C)C. The summed E-state index contributed by atoms with van der Waals surface area (Å²) < 4.78 is 13.6. The molecule has 0 bridgehead atoms. The summed E-state index contributed by atoms with van der Waals surface area (Å²) in [6.07, 6.45) is 0. The Balaban J connectivity index is 2.60. The van der Waals surface area contributed by atoms with Crippen molar-refractivity contribution in [2.75, 3.05) is 6.54 Å². The van der Waals surface area contributed by atoms with Gasteiger partial charge in [-0.15, -0.1) is 0 Å². The maximum Gasteiger partial charge on any atom is 0.127 e. The highest BCUT2D eigenvalue weighted by Gasteiger charge is 2.17. The summed E-state index contributed by atoms with van der Waals surface area (Å²) in [6, 6.07) is 6.51. The van der Waals surface area contributed by atoms with E-state index >= 15 is 0 Å². The Morgan fingerprint density at radius 3 is 2.37 bits per heavy atom. The molecule has 0 heterocycles. The summed E-state index contributed by atoms with van der Waals surface area (Å²) in [5, 5.41) is 12.1. The fraction of sp³-hybridized carbons (Fsp3) is 0.562. The molecule has 1 aromatic rings. The summed E-state index contributed by atoms with van der Waals surface area (Å²) in [4.78, 5) is 0. The van der Waals surface area contributed by atoms with Crippen molar-refractivity contribution in [3.63, 3.8) is 0 Å². The average Bonchev–Trinajstić information content (AvgIpc) is 2.35. The summed E-state index contributed by atoms with van der Waals surface area (Å²) in [6.45, 7) is 10.2. The number of rotatable bonds is 6. The molecule has 0 spiro atoms.